The van der Waals surface area contributed by atoms with E-state index in [-0.39, 0.29) is 0 Å². The number of benzene rings is 1. The first-order chi connectivity index (χ1) is 12.7. The van der Waals surface area contributed by atoms with Crippen LogP contribution in [-0.2, 0) is 0 Å². The van der Waals surface area contributed by atoms with Gasteiger partial charge in [0.05, 0.1) is 0 Å². The van der Waals surface area contributed by atoms with Crippen molar-refractivity contribution < 1.29 is 0 Å². The van der Waals surface area contributed by atoms with Gasteiger partial charge in [-0.1, -0.05) is 89.5 Å². The van der Waals surface area contributed by atoms with Crippen LogP contribution < -0.4 is 0 Å². The highest BCUT2D eigenvalue weighted by molar-refractivity contribution is 9.13. The van der Waals surface area contributed by atoms with Gasteiger partial charge in [0.25, 0.3) is 0 Å². The van der Waals surface area contributed by atoms with Crippen molar-refractivity contribution in [3.05, 3.63) is 44.4 Å². The number of rotatable bonds is 14. The summed E-state index contributed by atoms with van der Waals surface area (Å²) in [4.78, 5) is 0. The predicted octanol–water partition coefficient (Wildman–Crippen LogP) is 9.96. The minimum atomic E-state index is 1.12. The van der Waals surface area contributed by atoms with Crippen molar-refractivity contribution in [2.45, 2.75) is 90.9 Å². The topological polar surface area (TPSA) is 0 Å². The van der Waals surface area contributed by atoms with Gasteiger partial charge >= 0.3 is 0 Å². The van der Waals surface area contributed by atoms with E-state index >= 15 is 0 Å². The summed E-state index contributed by atoms with van der Waals surface area (Å²) >= 11 is 7.29. The average Bonchev–Trinajstić information content (AvgIpc) is 2.63. The van der Waals surface area contributed by atoms with Gasteiger partial charge in [0.1, 0.15) is 0 Å². The summed E-state index contributed by atoms with van der Waals surface area (Å²) in [6, 6.07) is 4.44. The Labute approximate surface area is 178 Å². The summed E-state index contributed by atoms with van der Waals surface area (Å²) in [6.07, 6.45) is 25.1. The molecule has 0 radical (unpaired) electrons. The van der Waals surface area contributed by atoms with Crippen LogP contribution in [0.2, 0.25) is 0 Å². The molecule has 0 bridgehead atoms. The smallest absolute Gasteiger partial charge is 0.0323 e. The second-order valence-corrected chi connectivity index (χ2v) is 8.81. The minimum Gasteiger partial charge on any atom is -0.0839 e. The Hall–Kier alpha value is -0.340. The maximum Gasteiger partial charge on any atom is 0.0323 e. The van der Waals surface area contributed by atoms with Crippen molar-refractivity contribution in [2.24, 2.45) is 0 Å². The van der Waals surface area contributed by atoms with Gasteiger partial charge in [-0.3, -0.25) is 0 Å². The molecule has 0 saturated carbocycles. The van der Waals surface area contributed by atoms with E-state index in [1.807, 2.05) is 0 Å². The Bertz CT molecular complexity index is 494. The quantitative estimate of drug-likeness (QED) is 0.231. The number of hydrogen-bond donors (Lipinski definition) is 0. The van der Waals surface area contributed by atoms with Crippen LogP contribution in [-0.4, -0.2) is 0 Å². The Balaban J connectivity index is 2.54. The first kappa shape index (κ1) is 23.7. The van der Waals surface area contributed by atoms with Gasteiger partial charge in [-0.15, -0.1) is 0 Å². The molecule has 0 fully saturated rings. The zero-order valence-electron chi connectivity index (χ0n) is 16.7. The molecule has 0 atom stereocenters. The average molecular weight is 484 g/mol. The Morgan fingerprint density at radius 1 is 0.615 bits per heavy atom. The van der Waals surface area contributed by atoms with Crippen molar-refractivity contribution >= 4 is 44.0 Å². The lowest BCUT2D eigenvalue weighted by molar-refractivity contribution is 0.638. The third-order valence-electron chi connectivity index (χ3n) is 4.67. The summed E-state index contributed by atoms with van der Waals surface area (Å²) < 4.78 is 2.24. The van der Waals surface area contributed by atoms with Crippen molar-refractivity contribution in [3.63, 3.8) is 0 Å². The largest absolute Gasteiger partial charge is 0.0839 e. The van der Waals surface area contributed by atoms with Gasteiger partial charge in [-0.05, 0) is 80.8 Å². The molecule has 0 aliphatic carbocycles. The van der Waals surface area contributed by atoms with Crippen LogP contribution in [0.4, 0.5) is 0 Å². The van der Waals surface area contributed by atoms with E-state index in [1.165, 1.54) is 88.2 Å². The fourth-order valence-electron chi connectivity index (χ4n) is 3.02. The molecule has 0 nitrogen and oxygen atoms in total. The van der Waals surface area contributed by atoms with Gasteiger partial charge in [-0.25, -0.2) is 0 Å². The van der Waals surface area contributed by atoms with E-state index in [4.69, 9.17) is 0 Å². The first-order valence-corrected chi connectivity index (χ1v) is 12.1. The van der Waals surface area contributed by atoms with Crippen molar-refractivity contribution in [1.29, 1.82) is 0 Å². The zero-order chi connectivity index (χ0) is 19.0. The highest BCUT2D eigenvalue weighted by Crippen LogP contribution is 2.28. The number of hydrogen-bond acceptors (Lipinski definition) is 0. The van der Waals surface area contributed by atoms with Crippen LogP contribution in [0.3, 0.4) is 0 Å². The molecule has 0 N–H and O–H groups in total. The molecule has 0 amide bonds. The number of allylic oxidation sites excluding steroid dienone is 2. The zero-order valence-corrected chi connectivity index (χ0v) is 19.9. The molecule has 0 aliphatic rings. The monoisotopic (exact) mass is 482 g/mol. The summed E-state index contributed by atoms with van der Waals surface area (Å²) in [5.74, 6) is 0. The lowest BCUT2D eigenvalue weighted by Gasteiger charge is -2.05. The van der Waals surface area contributed by atoms with E-state index in [1.54, 1.807) is 0 Å². The molecule has 0 aliphatic heterocycles. The standard InChI is InChI=1S/C24H36Br2/c1-3-5-7-9-11-13-15-17-21-19-23(25)24(26)20-22(21)18-16-14-12-10-8-6-4-2/h15-20H,3-14H2,1-2H3. The maximum absolute atomic E-state index is 3.64. The Morgan fingerprint density at radius 3 is 1.38 bits per heavy atom. The van der Waals surface area contributed by atoms with Crippen LogP contribution in [0.25, 0.3) is 12.2 Å². The van der Waals surface area contributed by atoms with E-state index in [0.29, 0.717) is 0 Å². The highest BCUT2D eigenvalue weighted by Gasteiger charge is 2.02. The second kappa shape index (κ2) is 15.7. The third-order valence-corrected chi connectivity index (χ3v) is 6.51. The fourth-order valence-corrected chi connectivity index (χ4v) is 3.74. The SMILES string of the molecule is CCCCCCCC=Cc1cc(Br)c(Br)cc1C=CCCCCCCC. The lowest BCUT2D eigenvalue weighted by atomic mass is 10.0. The molecule has 146 valence electrons. The van der Waals surface area contributed by atoms with Gasteiger partial charge < -0.3 is 0 Å². The summed E-state index contributed by atoms with van der Waals surface area (Å²) in [5.41, 5.74) is 2.60. The molecule has 0 unspecified atom stereocenters. The van der Waals surface area contributed by atoms with Gasteiger partial charge in [-0.2, -0.15) is 0 Å². The molecule has 26 heavy (non-hydrogen) atoms. The molecule has 0 spiro atoms. The summed E-state index contributed by atoms with van der Waals surface area (Å²) in [6.45, 7) is 4.54. The van der Waals surface area contributed by atoms with E-state index < -0.39 is 0 Å². The van der Waals surface area contributed by atoms with Crippen molar-refractivity contribution in [1.82, 2.24) is 0 Å². The van der Waals surface area contributed by atoms with Crippen LogP contribution >= 0.6 is 31.9 Å². The molecule has 0 aromatic heterocycles. The number of halogens is 2. The van der Waals surface area contributed by atoms with Gasteiger partial charge in [0.2, 0.25) is 0 Å². The van der Waals surface area contributed by atoms with Crippen molar-refractivity contribution in [2.75, 3.05) is 0 Å². The molecular weight excluding hydrogens is 448 g/mol. The Morgan fingerprint density at radius 2 is 1.00 bits per heavy atom. The number of unbranched alkanes of at least 4 members (excludes halogenated alkanes) is 10. The van der Waals surface area contributed by atoms with Crippen LogP contribution in [0.1, 0.15) is 102 Å². The molecule has 2 heteroatoms. The molecule has 1 rings (SSSR count). The summed E-state index contributed by atoms with van der Waals surface area (Å²) in [7, 11) is 0. The lowest BCUT2D eigenvalue weighted by Crippen LogP contribution is -1.84. The Kier molecular flexibility index (Phi) is 14.3. The second-order valence-electron chi connectivity index (χ2n) is 7.11. The van der Waals surface area contributed by atoms with E-state index in [0.717, 1.165) is 8.95 Å². The fraction of sp³-hybridized carbons (Fsp3) is 0.583. The minimum absolute atomic E-state index is 1.12. The van der Waals surface area contributed by atoms with Crippen LogP contribution in [0.15, 0.2) is 33.2 Å². The molecule has 0 heterocycles. The highest BCUT2D eigenvalue weighted by atomic mass is 79.9. The van der Waals surface area contributed by atoms with Crippen LogP contribution in [0, 0.1) is 0 Å². The first-order valence-electron chi connectivity index (χ1n) is 10.5. The summed E-state index contributed by atoms with van der Waals surface area (Å²) in [5, 5.41) is 0. The molecule has 1 aromatic rings. The normalized spacial score (nSPS) is 11.8. The van der Waals surface area contributed by atoms with E-state index in [2.05, 4.69) is 82.1 Å². The predicted molar refractivity (Wildman–Crippen MR) is 127 cm³/mol. The maximum atomic E-state index is 3.64. The molecule has 1 aromatic carbocycles. The molecular formula is C24H36Br2. The van der Waals surface area contributed by atoms with Crippen molar-refractivity contribution in [3.8, 4) is 0 Å². The third kappa shape index (κ3) is 10.7. The van der Waals surface area contributed by atoms with E-state index in [9.17, 15) is 0 Å². The molecule has 0 saturated heterocycles. The van der Waals surface area contributed by atoms with Gasteiger partial charge in [0, 0.05) is 8.95 Å². The van der Waals surface area contributed by atoms with Gasteiger partial charge in [0.15, 0.2) is 0 Å². The van der Waals surface area contributed by atoms with Crippen LogP contribution in [0.5, 0.6) is 0 Å².